The average Bonchev–Trinajstić information content (AvgIpc) is 2.37. The first-order valence-electron chi connectivity index (χ1n) is 6.29. The second-order valence-electron chi connectivity index (χ2n) is 4.59. The van der Waals surface area contributed by atoms with Crippen LogP contribution in [0.15, 0.2) is 28.1 Å². The number of benzene rings is 1. The van der Waals surface area contributed by atoms with Gasteiger partial charge in [-0.2, -0.15) is 0 Å². The average molecular weight is 293 g/mol. The molecule has 0 aliphatic carbocycles. The van der Waals surface area contributed by atoms with Gasteiger partial charge in [-0.15, -0.1) is 0 Å². The summed E-state index contributed by atoms with van der Waals surface area (Å²) in [7, 11) is 0. The van der Waals surface area contributed by atoms with Crippen molar-refractivity contribution in [1.29, 1.82) is 0 Å². The van der Waals surface area contributed by atoms with Crippen LogP contribution in [0.5, 0.6) is 0 Å². The fourth-order valence-electron chi connectivity index (χ4n) is 1.79. The summed E-state index contributed by atoms with van der Waals surface area (Å²) in [6.07, 6.45) is 0.792. The quantitative estimate of drug-likeness (QED) is 0.762. The van der Waals surface area contributed by atoms with Crippen LogP contribution in [-0.2, 0) is 6.42 Å². The molecule has 100 valence electrons. The van der Waals surface area contributed by atoms with Crippen LogP contribution in [0.25, 0.3) is 0 Å². The summed E-state index contributed by atoms with van der Waals surface area (Å²) in [6.45, 7) is 8.22. The molecular weight excluding hydrogens is 276 g/mol. The summed E-state index contributed by atoms with van der Waals surface area (Å²) in [4.78, 5) is 10.1. The van der Waals surface area contributed by atoms with E-state index in [0.717, 1.165) is 22.8 Å². The third kappa shape index (κ3) is 3.28. The summed E-state index contributed by atoms with van der Waals surface area (Å²) in [6, 6.07) is 6.44. The van der Waals surface area contributed by atoms with Gasteiger partial charge in [0.05, 0.1) is 0 Å². The molecule has 1 aromatic heterocycles. The molecule has 0 saturated carbocycles. The second kappa shape index (κ2) is 5.93. The Hall–Kier alpha value is -1.06. The van der Waals surface area contributed by atoms with Crippen LogP contribution in [0.4, 0.5) is 0 Å². The monoisotopic (exact) mass is 292 g/mol. The van der Waals surface area contributed by atoms with Crippen LogP contribution < -0.4 is 0 Å². The predicted molar refractivity (Wildman–Crippen MR) is 81.2 cm³/mol. The highest BCUT2D eigenvalue weighted by Crippen LogP contribution is 2.33. The Kier molecular flexibility index (Phi) is 4.48. The molecule has 19 heavy (non-hydrogen) atoms. The first kappa shape index (κ1) is 14.4. The minimum atomic E-state index is 0.555. The highest BCUT2D eigenvalue weighted by Gasteiger charge is 2.11. The van der Waals surface area contributed by atoms with Crippen molar-refractivity contribution in [1.82, 2.24) is 9.97 Å². The van der Waals surface area contributed by atoms with Crippen LogP contribution in [0, 0.1) is 20.8 Å². The lowest BCUT2D eigenvalue weighted by Gasteiger charge is -2.10. The second-order valence-corrected chi connectivity index (χ2v) is 5.97. The molecule has 0 amide bonds. The summed E-state index contributed by atoms with van der Waals surface area (Å²) in [5.74, 6) is 0.794. The Morgan fingerprint density at radius 1 is 1.16 bits per heavy atom. The number of hydrogen-bond acceptors (Lipinski definition) is 3. The van der Waals surface area contributed by atoms with Crippen molar-refractivity contribution in [3.8, 4) is 0 Å². The van der Waals surface area contributed by atoms with E-state index >= 15 is 0 Å². The molecule has 0 aliphatic rings. The van der Waals surface area contributed by atoms with E-state index in [9.17, 15) is 0 Å². The van der Waals surface area contributed by atoms with Gasteiger partial charge < -0.3 is 0 Å². The Morgan fingerprint density at radius 2 is 1.89 bits per heavy atom. The van der Waals surface area contributed by atoms with E-state index in [1.54, 1.807) is 11.8 Å². The molecule has 1 aromatic carbocycles. The largest absolute Gasteiger partial charge is 0.226 e. The molecule has 0 radical (unpaired) electrons. The van der Waals surface area contributed by atoms with Gasteiger partial charge in [0, 0.05) is 16.9 Å². The Bertz CT molecular complexity index is 611. The van der Waals surface area contributed by atoms with Gasteiger partial charge in [0.25, 0.3) is 0 Å². The van der Waals surface area contributed by atoms with Crippen LogP contribution in [0.3, 0.4) is 0 Å². The molecule has 0 atom stereocenters. The van der Waals surface area contributed by atoms with Crippen molar-refractivity contribution >= 4 is 23.4 Å². The maximum Gasteiger partial charge on any atom is 0.136 e. The minimum Gasteiger partial charge on any atom is -0.226 e. The van der Waals surface area contributed by atoms with Gasteiger partial charge in [0.15, 0.2) is 0 Å². The third-order valence-electron chi connectivity index (χ3n) is 2.94. The van der Waals surface area contributed by atoms with E-state index in [4.69, 9.17) is 11.6 Å². The van der Waals surface area contributed by atoms with Crippen molar-refractivity contribution in [2.75, 3.05) is 0 Å². The maximum atomic E-state index is 6.16. The number of hydrogen-bond donors (Lipinski definition) is 0. The summed E-state index contributed by atoms with van der Waals surface area (Å²) < 4.78 is 0. The van der Waals surface area contributed by atoms with E-state index in [0.29, 0.717) is 5.15 Å². The van der Waals surface area contributed by atoms with E-state index in [2.05, 4.69) is 42.0 Å². The van der Waals surface area contributed by atoms with E-state index in [-0.39, 0.29) is 0 Å². The number of nitrogens with zero attached hydrogens (tertiary/aromatic N) is 2. The number of rotatable bonds is 3. The predicted octanol–water partition coefficient (Wildman–Crippen LogP) is 4.77. The SMILES string of the molecule is CCc1nc(Cl)c(C)c(Sc2ccc(C)cc2C)n1. The first-order valence-corrected chi connectivity index (χ1v) is 7.48. The topological polar surface area (TPSA) is 25.8 Å². The molecule has 2 nitrogen and oxygen atoms in total. The standard InChI is InChI=1S/C15H17ClN2S/c1-5-13-17-14(16)11(4)15(18-13)19-12-7-6-9(2)8-10(12)3/h6-8H,5H2,1-4H3. The molecule has 0 N–H and O–H groups in total. The van der Waals surface area contributed by atoms with E-state index in [1.807, 2.05) is 13.8 Å². The van der Waals surface area contributed by atoms with Crippen molar-refractivity contribution in [3.63, 3.8) is 0 Å². The molecule has 0 fully saturated rings. The Balaban J connectivity index is 2.40. The van der Waals surface area contributed by atoms with Gasteiger partial charge in [-0.05, 0) is 32.4 Å². The normalized spacial score (nSPS) is 10.8. The van der Waals surface area contributed by atoms with E-state index in [1.165, 1.54) is 16.0 Å². The van der Waals surface area contributed by atoms with Crippen LogP contribution >= 0.6 is 23.4 Å². The zero-order chi connectivity index (χ0) is 14.0. The lowest BCUT2D eigenvalue weighted by molar-refractivity contribution is 0.871. The molecule has 0 unspecified atom stereocenters. The number of halogens is 1. The fraction of sp³-hybridized carbons (Fsp3) is 0.333. The van der Waals surface area contributed by atoms with Crippen LogP contribution in [0.2, 0.25) is 5.15 Å². The zero-order valence-corrected chi connectivity index (χ0v) is 13.2. The zero-order valence-electron chi connectivity index (χ0n) is 11.6. The van der Waals surface area contributed by atoms with Crippen molar-refractivity contribution in [2.45, 2.75) is 44.0 Å². The third-order valence-corrected chi connectivity index (χ3v) is 4.58. The highest BCUT2D eigenvalue weighted by molar-refractivity contribution is 7.99. The van der Waals surface area contributed by atoms with Gasteiger partial charge in [-0.25, -0.2) is 9.97 Å². The van der Waals surface area contributed by atoms with Gasteiger partial charge in [0.1, 0.15) is 16.0 Å². The molecule has 2 aromatic rings. The lowest BCUT2D eigenvalue weighted by atomic mass is 10.2. The Labute approximate surface area is 123 Å². The van der Waals surface area contributed by atoms with Gasteiger partial charge in [-0.1, -0.05) is 48.0 Å². The molecule has 0 spiro atoms. The van der Waals surface area contributed by atoms with Crippen molar-refractivity contribution < 1.29 is 0 Å². The van der Waals surface area contributed by atoms with Gasteiger partial charge in [0.2, 0.25) is 0 Å². The molecular formula is C15H17ClN2S. The number of aromatic nitrogens is 2. The van der Waals surface area contributed by atoms with Crippen LogP contribution in [0.1, 0.15) is 29.4 Å². The molecule has 1 heterocycles. The van der Waals surface area contributed by atoms with Crippen molar-refractivity contribution in [2.24, 2.45) is 0 Å². The molecule has 4 heteroatoms. The number of aryl methyl sites for hydroxylation is 3. The summed E-state index contributed by atoms with van der Waals surface area (Å²) >= 11 is 7.82. The Morgan fingerprint density at radius 3 is 2.53 bits per heavy atom. The van der Waals surface area contributed by atoms with E-state index < -0.39 is 0 Å². The fourth-order valence-corrected chi connectivity index (χ4v) is 3.00. The smallest absolute Gasteiger partial charge is 0.136 e. The molecule has 0 bridgehead atoms. The van der Waals surface area contributed by atoms with Gasteiger partial charge >= 0.3 is 0 Å². The van der Waals surface area contributed by atoms with Crippen LogP contribution in [-0.4, -0.2) is 9.97 Å². The maximum absolute atomic E-state index is 6.16. The van der Waals surface area contributed by atoms with Crippen molar-refractivity contribution in [3.05, 3.63) is 45.9 Å². The summed E-state index contributed by atoms with van der Waals surface area (Å²) in [5, 5.41) is 1.50. The minimum absolute atomic E-state index is 0.555. The first-order chi connectivity index (χ1) is 9.01. The lowest BCUT2D eigenvalue weighted by Crippen LogP contribution is -1.98. The molecule has 2 rings (SSSR count). The molecule has 0 saturated heterocycles. The molecule has 0 aliphatic heterocycles. The summed E-state index contributed by atoms with van der Waals surface area (Å²) in [5.41, 5.74) is 3.48. The van der Waals surface area contributed by atoms with Gasteiger partial charge in [-0.3, -0.25) is 0 Å². The highest BCUT2D eigenvalue weighted by atomic mass is 35.5.